The first-order valence-electron chi connectivity index (χ1n) is 4.16. The van der Waals surface area contributed by atoms with Crippen molar-refractivity contribution in [1.29, 1.82) is 0 Å². The van der Waals surface area contributed by atoms with Crippen LogP contribution in [0, 0.1) is 6.92 Å². The van der Waals surface area contributed by atoms with Crippen molar-refractivity contribution in [2.75, 3.05) is 14.2 Å². The number of hydrogen-bond acceptors (Lipinski definition) is 2. The van der Waals surface area contributed by atoms with Gasteiger partial charge in [0.1, 0.15) is 5.75 Å². The Hall–Kier alpha value is -1.22. The summed E-state index contributed by atoms with van der Waals surface area (Å²) in [5, 5.41) is 3.08. The number of halogens is 1. The summed E-state index contributed by atoms with van der Waals surface area (Å²) in [5.41, 5.74) is 1.33. The molecule has 0 fully saturated rings. The number of amides is 1. The molecule has 1 aromatic rings. The van der Waals surface area contributed by atoms with Crippen LogP contribution >= 0.6 is 11.6 Å². The van der Waals surface area contributed by atoms with Gasteiger partial charge in [0.2, 0.25) is 0 Å². The highest BCUT2D eigenvalue weighted by Gasteiger charge is 2.12. The number of ether oxygens (including phenoxy) is 1. The first-order chi connectivity index (χ1) is 6.60. The van der Waals surface area contributed by atoms with E-state index in [0.29, 0.717) is 16.3 Å². The van der Waals surface area contributed by atoms with Crippen molar-refractivity contribution >= 4 is 17.5 Å². The molecule has 0 heterocycles. The number of carbonyl (C=O) groups excluding carboxylic acids is 1. The first-order valence-corrected chi connectivity index (χ1v) is 4.54. The standard InChI is InChI=1S/C10H12ClNO2/c1-6-4-9(14-3)7(5-8(6)11)10(13)12-2/h4-5H,1-3H3,(H,12,13). The Bertz CT molecular complexity index is 363. The van der Waals surface area contributed by atoms with Crippen molar-refractivity contribution in [3.05, 3.63) is 28.3 Å². The smallest absolute Gasteiger partial charge is 0.254 e. The Morgan fingerprint density at radius 1 is 1.50 bits per heavy atom. The van der Waals surface area contributed by atoms with E-state index in [1.165, 1.54) is 7.11 Å². The fourth-order valence-electron chi connectivity index (χ4n) is 1.14. The van der Waals surface area contributed by atoms with Crippen LogP contribution in [-0.4, -0.2) is 20.1 Å². The molecule has 76 valence electrons. The zero-order valence-electron chi connectivity index (χ0n) is 8.35. The van der Waals surface area contributed by atoms with Gasteiger partial charge in [-0.1, -0.05) is 11.6 Å². The van der Waals surface area contributed by atoms with Crippen LogP contribution < -0.4 is 10.1 Å². The third-order valence-corrected chi connectivity index (χ3v) is 2.36. The van der Waals surface area contributed by atoms with Crippen molar-refractivity contribution < 1.29 is 9.53 Å². The van der Waals surface area contributed by atoms with Crippen molar-refractivity contribution in [2.24, 2.45) is 0 Å². The molecule has 0 bridgehead atoms. The van der Waals surface area contributed by atoms with Gasteiger partial charge in [-0.25, -0.2) is 0 Å². The zero-order chi connectivity index (χ0) is 10.7. The average molecular weight is 214 g/mol. The minimum atomic E-state index is -0.205. The van der Waals surface area contributed by atoms with Gasteiger partial charge in [-0.15, -0.1) is 0 Å². The maximum Gasteiger partial charge on any atom is 0.254 e. The Kier molecular flexibility index (Phi) is 3.36. The minimum absolute atomic E-state index is 0.205. The van der Waals surface area contributed by atoms with E-state index >= 15 is 0 Å². The third kappa shape index (κ3) is 1.99. The molecule has 1 aromatic carbocycles. The van der Waals surface area contributed by atoms with Crippen LogP contribution in [0.3, 0.4) is 0 Å². The molecule has 0 atom stereocenters. The molecule has 1 rings (SSSR count). The summed E-state index contributed by atoms with van der Waals surface area (Å²) >= 11 is 5.91. The van der Waals surface area contributed by atoms with Gasteiger partial charge in [0.25, 0.3) is 5.91 Å². The lowest BCUT2D eigenvalue weighted by Gasteiger charge is -2.09. The van der Waals surface area contributed by atoms with Gasteiger partial charge in [0.15, 0.2) is 0 Å². The van der Waals surface area contributed by atoms with Crippen LogP contribution in [0.4, 0.5) is 0 Å². The quantitative estimate of drug-likeness (QED) is 0.816. The van der Waals surface area contributed by atoms with Gasteiger partial charge in [0, 0.05) is 12.1 Å². The van der Waals surface area contributed by atoms with E-state index in [1.54, 1.807) is 19.2 Å². The van der Waals surface area contributed by atoms with E-state index < -0.39 is 0 Å². The molecule has 0 spiro atoms. The topological polar surface area (TPSA) is 38.3 Å². The average Bonchev–Trinajstić information content (AvgIpc) is 2.20. The highest BCUT2D eigenvalue weighted by Crippen LogP contribution is 2.26. The lowest BCUT2D eigenvalue weighted by molar-refractivity contribution is 0.0960. The van der Waals surface area contributed by atoms with Crippen molar-refractivity contribution in [2.45, 2.75) is 6.92 Å². The van der Waals surface area contributed by atoms with Crippen LogP contribution in [0.1, 0.15) is 15.9 Å². The largest absolute Gasteiger partial charge is 0.496 e. The number of carbonyl (C=O) groups is 1. The summed E-state index contributed by atoms with van der Waals surface area (Å²) in [6.07, 6.45) is 0. The fraction of sp³-hybridized carbons (Fsp3) is 0.300. The maximum atomic E-state index is 11.4. The number of methoxy groups -OCH3 is 1. The minimum Gasteiger partial charge on any atom is -0.496 e. The summed E-state index contributed by atoms with van der Waals surface area (Å²) < 4.78 is 5.08. The van der Waals surface area contributed by atoms with Gasteiger partial charge in [-0.3, -0.25) is 4.79 Å². The zero-order valence-corrected chi connectivity index (χ0v) is 9.11. The summed E-state index contributed by atoms with van der Waals surface area (Å²) in [6.45, 7) is 1.86. The molecular formula is C10H12ClNO2. The van der Waals surface area contributed by atoms with Gasteiger partial charge in [-0.05, 0) is 24.6 Å². The van der Waals surface area contributed by atoms with Crippen LogP contribution in [0.2, 0.25) is 5.02 Å². The molecule has 1 N–H and O–H groups in total. The molecule has 0 unspecified atom stereocenters. The van der Waals surface area contributed by atoms with Gasteiger partial charge < -0.3 is 10.1 Å². The predicted molar refractivity (Wildman–Crippen MR) is 56.1 cm³/mol. The Balaban J connectivity index is 3.27. The summed E-state index contributed by atoms with van der Waals surface area (Å²) in [7, 11) is 3.09. The lowest BCUT2D eigenvalue weighted by Crippen LogP contribution is -2.18. The molecule has 0 aliphatic rings. The van der Waals surface area contributed by atoms with Gasteiger partial charge in [0.05, 0.1) is 12.7 Å². The van der Waals surface area contributed by atoms with Crippen LogP contribution in [0.25, 0.3) is 0 Å². The molecule has 0 aliphatic carbocycles. The van der Waals surface area contributed by atoms with Gasteiger partial charge in [-0.2, -0.15) is 0 Å². The third-order valence-electron chi connectivity index (χ3n) is 1.95. The molecule has 1 amide bonds. The SMILES string of the molecule is CNC(=O)c1cc(Cl)c(C)cc1OC. The number of aryl methyl sites for hydroxylation is 1. The molecule has 0 saturated heterocycles. The second kappa shape index (κ2) is 4.33. The molecular weight excluding hydrogens is 202 g/mol. The molecule has 14 heavy (non-hydrogen) atoms. The molecule has 0 aliphatic heterocycles. The molecule has 0 saturated carbocycles. The monoisotopic (exact) mass is 213 g/mol. The molecule has 0 aromatic heterocycles. The van der Waals surface area contributed by atoms with E-state index in [2.05, 4.69) is 5.32 Å². The molecule has 4 heteroatoms. The summed E-state index contributed by atoms with van der Waals surface area (Å²) in [4.78, 5) is 11.4. The highest BCUT2D eigenvalue weighted by atomic mass is 35.5. The normalized spacial score (nSPS) is 9.71. The number of benzene rings is 1. The van der Waals surface area contributed by atoms with Crippen LogP contribution in [-0.2, 0) is 0 Å². The van der Waals surface area contributed by atoms with Crippen molar-refractivity contribution in [3.8, 4) is 5.75 Å². The van der Waals surface area contributed by atoms with Gasteiger partial charge >= 0.3 is 0 Å². The van der Waals surface area contributed by atoms with Crippen LogP contribution in [0.15, 0.2) is 12.1 Å². The predicted octanol–water partition coefficient (Wildman–Crippen LogP) is 2.02. The van der Waals surface area contributed by atoms with E-state index in [4.69, 9.17) is 16.3 Å². The first kappa shape index (κ1) is 10.9. The second-order valence-electron chi connectivity index (χ2n) is 2.88. The lowest BCUT2D eigenvalue weighted by atomic mass is 10.1. The molecule has 3 nitrogen and oxygen atoms in total. The highest BCUT2D eigenvalue weighted by molar-refractivity contribution is 6.31. The fourth-order valence-corrected chi connectivity index (χ4v) is 1.30. The summed E-state index contributed by atoms with van der Waals surface area (Å²) in [5.74, 6) is 0.329. The number of rotatable bonds is 2. The second-order valence-corrected chi connectivity index (χ2v) is 3.29. The van der Waals surface area contributed by atoms with Crippen molar-refractivity contribution in [1.82, 2.24) is 5.32 Å². The maximum absolute atomic E-state index is 11.4. The van der Waals surface area contributed by atoms with E-state index in [-0.39, 0.29) is 5.91 Å². The molecule has 0 radical (unpaired) electrons. The Morgan fingerprint density at radius 3 is 2.64 bits per heavy atom. The van der Waals surface area contributed by atoms with E-state index in [0.717, 1.165) is 5.56 Å². The summed E-state index contributed by atoms with van der Waals surface area (Å²) in [6, 6.07) is 3.35. The Morgan fingerprint density at radius 2 is 2.14 bits per heavy atom. The Labute approximate surface area is 88.0 Å². The van der Waals surface area contributed by atoms with E-state index in [9.17, 15) is 4.79 Å². The van der Waals surface area contributed by atoms with Crippen molar-refractivity contribution in [3.63, 3.8) is 0 Å². The van der Waals surface area contributed by atoms with Crippen LogP contribution in [0.5, 0.6) is 5.75 Å². The number of nitrogens with one attached hydrogen (secondary N) is 1. The number of hydrogen-bond donors (Lipinski definition) is 1. The van der Waals surface area contributed by atoms with E-state index in [1.807, 2.05) is 6.92 Å².